The van der Waals surface area contributed by atoms with Crippen LogP contribution in [0.3, 0.4) is 0 Å². The van der Waals surface area contributed by atoms with Crippen LogP contribution in [0, 0.1) is 0 Å². The van der Waals surface area contributed by atoms with Crippen molar-refractivity contribution in [1.82, 2.24) is 9.97 Å². The van der Waals surface area contributed by atoms with Gasteiger partial charge in [0, 0.05) is 17.5 Å². The zero-order valence-electron chi connectivity index (χ0n) is 15.9. The molecule has 1 N–H and O–H groups in total. The number of thioether (sulfide) groups is 1. The van der Waals surface area contributed by atoms with Crippen LogP contribution in [-0.4, -0.2) is 17.1 Å². The Hall–Kier alpha value is -2.95. The van der Waals surface area contributed by atoms with Crippen LogP contribution in [0.15, 0.2) is 59.8 Å². The Bertz CT molecular complexity index is 1020. The molecule has 0 fully saturated rings. The van der Waals surface area contributed by atoms with Gasteiger partial charge in [0.1, 0.15) is 11.6 Å². The normalized spacial score (nSPS) is 12.0. The summed E-state index contributed by atoms with van der Waals surface area (Å²) >= 11 is 0.884. The number of ether oxygens (including phenoxy) is 1. The van der Waals surface area contributed by atoms with E-state index in [0.717, 1.165) is 30.0 Å². The van der Waals surface area contributed by atoms with Crippen LogP contribution in [0.1, 0.15) is 16.8 Å². The number of nitrogens with zero attached hydrogens (tertiary/aromatic N) is 2. The molecule has 4 nitrogen and oxygen atoms in total. The van der Waals surface area contributed by atoms with Crippen molar-refractivity contribution in [3.63, 3.8) is 0 Å². The summed E-state index contributed by atoms with van der Waals surface area (Å²) < 4.78 is 82.7. The smallest absolute Gasteiger partial charge is 0.433 e. The van der Waals surface area contributed by atoms with Crippen molar-refractivity contribution >= 4 is 23.3 Å². The third-order valence-electron chi connectivity index (χ3n) is 4.01. The van der Waals surface area contributed by atoms with E-state index in [0.29, 0.717) is 17.0 Å². The van der Waals surface area contributed by atoms with E-state index in [-0.39, 0.29) is 16.7 Å². The summed E-state index contributed by atoms with van der Waals surface area (Å²) in [6, 6.07) is 11.6. The second-order valence-corrected chi connectivity index (χ2v) is 7.20. The van der Waals surface area contributed by atoms with E-state index in [1.54, 1.807) is 24.3 Å². The van der Waals surface area contributed by atoms with Crippen LogP contribution in [0.25, 0.3) is 0 Å². The summed E-state index contributed by atoms with van der Waals surface area (Å²) in [6.07, 6.45) is -9.15. The molecule has 0 aliphatic carbocycles. The molecule has 3 aromatic rings. The van der Waals surface area contributed by atoms with Crippen molar-refractivity contribution < 1.29 is 31.1 Å². The Morgan fingerprint density at radius 3 is 2.06 bits per heavy atom. The van der Waals surface area contributed by atoms with Gasteiger partial charge in [0.25, 0.3) is 0 Å². The van der Waals surface area contributed by atoms with Gasteiger partial charge < -0.3 is 10.1 Å². The first-order valence-electron chi connectivity index (χ1n) is 8.71. The highest BCUT2D eigenvalue weighted by Gasteiger charge is 2.34. The maximum Gasteiger partial charge on any atom is 0.433 e. The average Bonchev–Trinajstić information content (AvgIpc) is 2.72. The molecule has 1 heterocycles. The van der Waals surface area contributed by atoms with Crippen molar-refractivity contribution in [3.05, 3.63) is 71.4 Å². The fourth-order valence-corrected chi connectivity index (χ4v) is 3.27. The maximum atomic E-state index is 13.3. The van der Waals surface area contributed by atoms with Crippen LogP contribution in [-0.2, 0) is 18.1 Å². The van der Waals surface area contributed by atoms with Gasteiger partial charge >= 0.3 is 12.4 Å². The summed E-state index contributed by atoms with van der Waals surface area (Å²) in [5.41, 5.74) is -0.953. The Balaban J connectivity index is 1.79. The van der Waals surface area contributed by atoms with E-state index < -0.39 is 23.6 Å². The average molecular weight is 459 g/mol. The van der Waals surface area contributed by atoms with Crippen molar-refractivity contribution in [2.75, 3.05) is 12.4 Å². The lowest BCUT2D eigenvalue weighted by Crippen LogP contribution is -2.11. The van der Waals surface area contributed by atoms with Crippen LogP contribution >= 0.6 is 11.8 Å². The maximum absolute atomic E-state index is 13.3. The fraction of sp³-hybridized carbons (Fsp3) is 0.200. The van der Waals surface area contributed by atoms with Gasteiger partial charge in [-0.1, -0.05) is 23.9 Å². The van der Waals surface area contributed by atoms with Gasteiger partial charge in [0.15, 0.2) is 10.9 Å². The van der Waals surface area contributed by atoms with Gasteiger partial charge in [0.05, 0.1) is 12.7 Å². The molecule has 11 heteroatoms. The summed E-state index contributed by atoms with van der Waals surface area (Å²) in [5, 5.41) is 2.62. The van der Waals surface area contributed by atoms with Crippen molar-refractivity contribution in [3.8, 4) is 5.75 Å². The molecule has 0 aliphatic rings. The summed E-state index contributed by atoms with van der Waals surface area (Å²) in [7, 11) is 1.49. The molecule has 0 saturated heterocycles. The standard InChI is InChI=1S/C20H15F6N3OS/c1-30-15-8-6-14(7-9-15)27-17-10-16(20(24,25)26)28-18(29-17)31-11-12-2-4-13(5-3-12)19(21,22)23/h2-10H,11H2,1H3,(H,27,28,29). The molecular weight excluding hydrogens is 444 g/mol. The van der Waals surface area contributed by atoms with Gasteiger partial charge in [-0.15, -0.1) is 0 Å². The number of alkyl halides is 6. The lowest BCUT2D eigenvalue weighted by Gasteiger charge is -2.12. The molecule has 0 spiro atoms. The molecule has 0 saturated carbocycles. The van der Waals surface area contributed by atoms with E-state index in [4.69, 9.17) is 4.74 Å². The Morgan fingerprint density at radius 2 is 1.52 bits per heavy atom. The Labute approximate surface area is 177 Å². The van der Waals surface area contributed by atoms with Gasteiger partial charge in [0.2, 0.25) is 0 Å². The lowest BCUT2D eigenvalue weighted by molar-refractivity contribution is -0.141. The highest BCUT2D eigenvalue weighted by Crippen LogP contribution is 2.33. The summed E-state index contributed by atoms with van der Waals surface area (Å²) in [6.45, 7) is 0. The Kier molecular flexibility index (Phi) is 6.63. The van der Waals surface area contributed by atoms with Crippen LogP contribution in [0.2, 0.25) is 0 Å². The molecule has 164 valence electrons. The Morgan fingerprint density at radius 1 is 0.871 bits per heavy atom. The number of hydrogen-bond acceptors (Lipinski definition) is 5. The SMILES string of the molecule is COc1ccc(Nc2cc(C(F)(F)F)nc(SCc3ccc(C(F)(F)F)cc3)n2)cc1. The number of anilines is 2. The number of methoxy groups -OCH3 is 1. The number of hydrogen-bond donors (Lipinski definition) is 1. The molecule has 0 amide bonds. The summed E-state index contributed by atoms with van der Waals surface area (Å²) in [5.74, 6) is 0.612. The third-order valence-corrected chi connectivity index (χ3v) is 4.93. The van der Waals surface area contributed by atoms with E-state index in [9.17, 15) is 26.3 Å². The second-order valence-electron chi connectivity index (χ2n) is 6.26. The quantitative estimate of drug-likeness (QED) is 0.257. The predicted octanol–water partition coefficient (Wildman–Crippen LogP) is 6.56. The molecule has 0 aliphatic heterocycles. The molecule has 1 aromatic heterocycles. The van der Waals surface area contributed by atoms with Crippen LogP contribution in [0.5, 0.6) is 5.75 Å². The molecule has 31 heavy (non-hydrogen) atoms. The zero-order valence-corrected chi connectivity index (χ0v) is 16.7. The number of halogens is 6. The van der Waals surface area contributed by atoms with Crippen LogP contribution in [0.4, 0.5) is 37.8 Å². The zero-order chi connectivity index (χ0) is 22.6. The summed E-state index contributed by atoms with van der Waals surface area (Å²) in [4.78, 5) is 7.62. The van der Waals surface area contributed by atoms with Gasteiger partial charge in [-0.25, -0.2) is 9.97 Å². The minimum Gasteiger partial charge on any atom is -0.497 e. The highest BCUT2D eigenvalue weighted by atomic mass is 32.2. The number of rotatable bonds is 6. The molecule has 0 radical (unpaired) electrons. The molecule has 2 aromatic carbocycles. The predicted molar refractivity (Wildman–Crippen MR) is 104 cm³/mol. The molecule has 3 rings (SSSR count). The number of benzene rings is 2. The molecule has 0 unspecified atom stereocenters. The van der Waals surface area contributed by atoms with E-state index in [1.807, 2.05) is 0 Å². The first-order chi connectivity index (χ1) is 14.5. The first kappa shape index (κ1) is 22.7. The fourth-order valence-electron chi connectivity index (χ4n) is 2.46. The van der Waals surface area contributed by atoms with Gasteiger partial charge in [-0.2, -0.15) is 26.3 Å². The minimum atomic E-state index is -4.69. The van der Waals surface area contributed by atoms with Gasteiger partial charge in [-0.05, 0) is 42.0 Å². The largest absolute Gasteiger partial charge is 0.497 e. The number of nitrogens with one attached hydrogen (secondary N) is 1. The van der Waals surface area contributed by atoms with E-state index in [1.165, 1.54) is 19.2 Å². The monoisotopic (exact) mass is 459 g/mol. The van der Waals surface area contributed by atoms with E-state index in [2.05, 4.69) is 15.3 Å². The van der Waals surface area contributed by atoms with Crippen LogP contribution < -0.4 is 10.1 Å². The first-order valence-corrected chi connectivity index (χ1v) is 9.69. The molecule has 0 atom stereocenters. The van der Waals surface area contributed by atoms with Gasteiger partial charge in [-0.3, -0.25) is 0 Å². The highest BCUT2D eigenvalue weighted by molar-refractivity contribution is 7.98. The van der Waals surface area contributed by atoms with Crippen molar-refractivity contribution in [2.45, 2.75) is 23.3 Å². The third kappa shape index (κ3) is 6.27. The molecule has 0 bridgehead atoms. The van der Waals surface area contributed by atoms with Crippen molar-refractivity contribution in [2.24, 2.45) is 0 Å². The van der Waals surface area contributed by atoms with E-state index >= 15 is 0 Å². The topological polar surface area (TPSA) is 47.0 Å². The minimum absolute atomic E-state index is 0.0672. The second kappa shape index (κ2) is 9.04. The lowest BCUT2D eigenvalue weighted by atomic mass is 10.1. The molecular formula is C20H15F6N3OS. The van der Waals surface area contributed by atoms with Crippen molar-refractivity contribution in [1.29, 1.82) is 0 Å². The number of aromatic nitrogens is 2.